The summed E-state index contributed by atoms with van der Waals surface area (Å²) in [6, 6.07) is 25.5. The summed E-state index contributed by atoms with van der Waals surface area (Å²) in [6.07, 6.45) is 13.1. The smallest absolute Gasteiger partial charge is 0.128 e. The van der Waals surface area contributed by atoms with Crippen LogP contribution in [-0.4, -0.2) is 11.8 Å². The van der Waals surface area contributed by atoms with E-state index in [9.17, 15) is 0 Å². The van der Waals surface area contributed by atoms with E-state index in [4.69, 9.17) is 21.3 Å². The van der Waals surface area contributed by atoms with E-state index in [1.54, 1.807) is 0 Å². The summed E-state index contributed by atoms with van der Waals surface area (Å²) in [5.41, 5.74) is 7.47. The predicted octanol–water partition coefficient (Wildman–Crippen LogP) is 8.99. The minimum atomic E-state index is -0.0372. The summed E-state index contributed by atoms with van der Waals surface area (Å²) in [4.78, 5) is 5.67. The molecular formula is C34H32ClNO. The third kappa shape index (κ3) is 4.49. The minimum absolute atomic E-state index is 0.0372. The highest BCUT2D eigenvalue weighted by molar-refractivity contribution is 6.30. The minimum Gasteiger partial charge on any atom is -0.485 e. The van der Waals surface area contributed by atoms with E-state index in [0.29, 0.717) is 0 Å². The number of halogens is 1. The topological polar surface area (TPSA) is 21.6 Å². The van der Waals surface area contributed by atoms with Gasteiger partial charge < -0.3 is 4.74 Å². The first-order valence-electron chi connectivity index (χ1n) is 13.4. The first-order chi connectivity index (χ1) is 18.1. The van der Waals surface area contributed by atoms with Crippen LogP contribution in [0, 0.1) is 11.8 Å². The van der Waals surface area contributed by atoms with Gasteiger partial charge in [0.05, 0.1) is 6.04 Å². The van der Waals surface area contributed by atoms with Crippen LogP contribution in [0.1, 0.15) is 60.9 Å². The van der Waals surface area contributed by atoms with Crippen molar-refractivity contribution in [3.8, 4) is 5.75 Å². The summed E-state index contributed by atoms with van der Waals surface area (Å²) in [5.74, 6) is 1.69. The van der Waals surface area contributed by atoms with E-state index in [0.717, 1.165) is 23.6 Å². The molecule has 3 aliphatic rings. The van der Waals surface area contributed by atoms with Crippen LogP contribution in [0.25, 0.3) is 5.57 Å². The molecule has 5 unspecified atom stereocenters. The number of fused-ring (bicyclic) bond motifs is 3. The maximum absolute atomic E-state index is 6.48. The van der Waals surface area contributed by atoms with E-state index in [1.807, 2.05) is 6.07 Å². The molecule has 37 heavy (non-hydrogen) atoms. The molecule has 0 aromatic heterocycles. The molecule has 3 heteroatoms. The number of hydrogen-bond acceptors (Lipinski definition) is 2. The molecule has 2 nitrogen and oxygen atoms in total. The average molecular weight is 506 g/mol. The fourth-order valence-corrected chi connectivity index (χ4v) is 6.38. The normalized spacial score (nSPS) is 27.7. The molecule has 186 valence electrons. The Labute approximate surface area is 225 Å². The molecule has 0 saturated heterocycles. The molecule has 3 aromatic carbocycles. The van der Waals surface area contributed by atoms with Crippen molar-refractivity contribution in [1.29, 1.82) is 0 Å². The number of benzene rings is 3. The van der Waals surface area contributed by atoms with Crippen LogP contribution in [0.4, 0.5) is 0 Å². The van der Waals surface area contributed by atoms with Crippen LogP contribution in [0.15, 0.2) is 108 Å². The molecule has 0 saturated carbocycles. The lowest BCUT2D eigenvalue weighted by Gasteiger charge is -2.32. The summed E-state index contributed by atoms with van der Waals surface area (Å²) < 4.78 is 6.41. The van der Waals surface area contributed by atoms with Gasteiger partial charge in [-0.15, -0.1) is 0 Å². The molecule has 0 spiro atoms. The molecule has 0 amide bonds. The zero-order valence-electron chi connectivity index (χ0n) is 21.3. The zero-order valence-corrected chi connectivity index (χ0v) is 22.1. The highest BCUT2D eigenvalue weighted by atomic mass is 35.5. The maximum atomic E-state index is 6.48. The van der Waals surface area contributed by atoms with Crippen molar-refractivity contribution >= 4 is 22.9 Å². The molecule has 5 atom stereocenters. The van der Waals surface area contributed by atoms with Crippen LogP contribution in [0.5, 0.6) is 5.75 Å². The Bertz CT molecular complexity index is 1420. The van der Waals surface area contributed by atoms with Gasteiger partial charge in [0.15, 0.2) is 0 Å². The van der Waals surface area contributed by atoms with Crippen molar-refractivity contribution < 1.29 is 4.74 Å². The monoisotopic (exact) mass is 505 g/mol. The lowest BCUT2D eigenvalue weighted by molar-refractivity contribution is 0.269. The quantitative estimate of drug-likeness (QED) is 0.346. The Morgan fingerprint density at radius 1 is 0.919 bits per heavy atom. The number of ether oxygens (including phenoxy) is 1. The highest BCUT2D eigenvalue weighted by Crippen LogP contribution is 2.49. The molecule has 0 N–H and O–H groups in total. The number of hydrogen-bond donors (Lipinski definition) is 0. The molecular weight excluding hydrogens is 474 g/mol. The van der Waals surface area contributed by atoms with Gasteiger partial charge in [-0.3, -0.25) is 4.99 Å². The van der Waals surface area contributed by atoms with Crippen LogP contribution in [0.3, 0.4) is 0 Å². The van der Waals surface area contributed by atoms with E-state index in [-0.39, 0.29) is 29.9 Å². The molecule has 2 aliphatic heterocycles. The summed E-state index contributed by atoms with van der Waals surface area (Å²) >= 11 is 6.48. The van der Waals surface area contributed by atoms with Gasteiger partial charge in [0.1, 0.15) is 11.9 Å². The van der Waals surface area contributed by atoms with Gasteiger partial charge in [-0.25, -0.2) is 0 Å². The SMILES string of the molecule is CCC1/C(c2cccc(Cl)c2)=C/CC(C)C(c2ccccc2)=NC1c1cccc2c1C1C=CC=CC1O2. The number of rotatable bonds is 4. The first-order valence-corrected chi connectivity index (χ1v) is 13.8. The second-order valence-corrected chi connectivity index (χ2v) is 10.7. The fourth-order valence-electron chi connectivity index (χ4n) is 6.19. The number of aliphatic imine (C=N–C) groups is 1. The summed E-state index contributed by atoms with van der Waals surface area (Å²) in [7, 11) is 0. The first kappa shape index (κ1) is 24.0. The molecule has 3 aromatic rings. The Kier molecular flexibility index (Phi) is 6.61. The Hall–Kier alpha value is -3.36. The standard InChI is InChI=1S/C34H32ClNO/c1-3-26-27(24-13-9-14-25(35)21-24)20-19-22(2)33(23-11-5-4-6-12-23)36-34(26)29-16-10-18-31-32(29)28-15-7-8-17-30(28)37-31/h4-18,20-22,26,28,30,34H,3,19H2,1-2H3/b27-20+,36-33?. The average Bonchev–Trinajstić information content (AvgIpc) is 3.31. The van der Waals surface area contributed by atoms with Crippen LogP contribution in [0.2, 0.25) is 5.02 Å². The van der Waals surface area contributed by atoms with Gasteiger partial charge in [-0.2, -0.15) is 0 Å². The third-order valence-electron chi connectivity index (χ3n) is 7.98. The lowest BCUT2D eigenvalue weighted by atomic mass is 9.76. The predicted molar refractivity (Wildman–Crippen MR) is 155 cm³/mol. The Balaban J connectivity index is 1.56. The van der Waals surface area contributed by atoms with Crippen molar-refractivity contribution in [3.63, 3.8) is 0 Å². The molecule has 2 heterocycles. The van der Waals surface area contributed by atoms with Crippen molar-refractivity contribution in [3.05, 3.63) is 130 Å². The van der Waals surface area contributed by atoms with Crippen LogP contribution < -0.4 is 4.74 Å². The summed E-state index contributed by atoms with van der Waals surface area (Å²) in [5, 5.41) is 0.768. The fraction of sp³-hybridized carbons (Fsp3) is 0.265. The zero-order chi connectivity index (χ0) is 25.4. The van der Waals surface area contributed by atoms with Gasteiger partial charge in [-0.1, -0.05) is 104 Å². The van der Waals surface area contributed by atoms with Crippen LogP contribution >= 0.6 is 11.6 Å². The van der Waals surface area contributed by atoms with Gasteiger partial charge in [-0.05, 0) is 59.4 Å². The summed E-state index contributed by atoms with van der Waals surface area (Å²) in [6.45, 7) is 4.58. The Morgan fingerprint density at radius 2 is 1.70 bits per heavy atom. The lowest BCUT2D eigenvalue weighted by Crippen LogP contribution is -2.23. The second-order valence-electron chi connectivity index (χ2n) is 10.3. The van der Waals surface area contributed by atoms with Gasteiger partial charge in [0.25, 0.3) is 0 Å². The molecule has 6 rings (SSSR count). The second kappa shape index (κ2) is 10.2. The van der Waals surface area contributed by atoms with Crippen LogP contribution in [-0.2, 0) is 0 Å². The Morgan fingerprint density at radius 3 is 2.51 bits per heavy atom. The highest BCUT2D eigenvalue weighted by Gasteiger charge is 2.38. The molecule has 0 fully saturated rings. The molecule has 1 aliphatic carbocycles. The maximum Gasteiger partial charge on any atom is 0.128 e. The number of nitrogens with zero attached hydrogens (tertiary/aromatic N) is 1. The largest absolute Gasteiger partial charge is 0.485 e. The van der Waals surface area contributed by atoms with Gasteiger partial charge >= 0.3 is 0 Å². The van der Waals surface area contributed by atoms with Gasteiger partial charge in [0.2, 0.25) is 0 Å². The van der Waals surface area contributed by atoms with Gasteiger partial charge in [0, 0.05) is 34.1 Å². The van der Waals surface area contributed by atoms with Crippen molar-refractivity contribution in [1.82, 2.24) is 0 Å². The third-order valence-corrected chi connectivity index (χ3v) is 8.22. The van der Waals surface area contributed by atoms with Crippen molar-refractivity contribution in [2.24, 2.45) is 16.8 Å². The number of allylic oxidation sites excluding steroid dienone is 3. The van der Waals surface area contributed by atoms with E-state index in [1.165, 1.54) is 33.5 Å². The van der Waals surface area contributed by atoms with E-state index >= 15 is 0 Å². The van der Waals surface area contributed by atoms with E-state index < -0.39 is 0 Å². The van der Waals surface area contributed by atoms with Crippen molar-refractivity contribution in [2.75, 3.05) is 0 Å². The molecule has 0 radical (unpaired) electrons. The van der Waals surface area contributed by atoms with Crippen molar-refractivity contribution in [2.45, 2.75) is 44.8 Å². The van der Waals surface area contributed by atoms with E-state index in [2.05, 4.69) is 111 Å². The molecule has 0 bridgehead atoms.